The van der Waals surface area contributed by atoms with Crippen LogP contribution in [-0.4, -0.2) is 13.1 Å². The zero-order chi connectivity index (χ0) is 11.4. The summed E-state index contributed by atoms with van der Waals surface area (Å²) in [4.78, 5) is 0. The molecule has 94 valence electrons. The first-order valence-corrected chi connectivity index (χ1v) is 7.52. The summed E-state index contributed by atoms with van der Waals surface area (Å²) in [5.41, 5.74) is 0. The van der Waals surface area contributed by atoms with Gasteiger partial charge >= 0.3 is 0 Å². The van der Waals surface area contributed by atoms with Crippen LogP contribution in [0.5, 0.6) is 0 Å². The Labute approximate surface area is 101 Å². The summed E-state index contributed by atoms with van der Waals surface area (Å²) in [6, 6.07) is 0.844. The van der Waals surface area contributed by atoms with Crippen LogP contribution in [-0.2, 0) is 0 Å². The molecule has 2 aliphatic carbocycles. The van der Waals surface area contributed by atoms with Gasteiger partial charge in [-0.1, -0.05) is 39.0 Å². The van der Waals surface area contributed by atoms with E-state index in [9.17, 15) is 0 Å². The van der Waals surface area contributed by atoms with Crippen LogP contribution in [0.25, 0.3) is 0 Å². The van der Waals surface area contributed by atoms with Gasteiger partial charge in [-0.25, -0.2) is 0 Å². The highest BCUT2D eigenvalue weighted by Crippen LogP contribution is 2.39. The second-order valence-electron chi connectivity index (χ2n) is 6.07. The van der Waals surface area contributed by atoms with Gasteiger partial charge in [0.25, 0.3) is 0 Å². The lowest BCUT2D eigenvalue weighted by molar-refractivity contribution is 0.135. The zero-order valence-electron chi connectivity index (χ0n) is 11.2. The third-order valence-electron chi connectivity index (χ3n) is 5.09. The first-order valence-electron chi connectivity index (χ1n) is 7.52. The minimum absolute atomic E-state index is 0.844. The normalized spacial score (nSPS) is 33.4. The van der Waals surface area contributed by atoms with Crippen molar-refractivity contribution in [1.82, 2.24) is 5.32 Å². The Hall–Kier alpha value is -0.0400. The smallest absolute Gasteiger partial charge is 0.0121 e. The van der Waals surface area contributed by atoms with Crippen LogP contribution < -0.4 is 5.32 Å². The summed E-state index contributed by atoms with van der Waals surface area (Å²) in [6.45, 7) is 2.33. The minimum Gasteiger partial charge on any atom is -0.316 e. The maximum absolute atomic E-state index is 3.62. The molecule has 0 aromatic carbocycles. The van der Waals surface area contributed by atoms with Gasteiger partial charge in [0.15, 0.2) is 0 Å². The van der Waals surface area contributed by atoms with Crippen LogP contribution in [0.4, 0.5) is 0 Å². The SMILES string of the molecule is CCCC1CCC(C(NC)C2CCC2)CC1. The van der Waals surface area contributed by atoms with Crippen molar-refractivity contribution in [2.75, 3.05) is 7.05 Å². The van der Waals surface area contributed by atoms with Gasteiger partial charge in [-0.05, 0) is 50.5 Å². The van der Waals surface area contributed by atoms with Crippen molar-refractivity contribution < 1.29 is 0 Å². The standard InChI is InChI=1S/C15H29N/c1-3-5-12-8-10-14(11-9-12)15(16-2)13-6-4-7-13/h12-16H,3-11H2,1-2H3. The van der Waals surface area contributed by atoms with Crippen LogP contribution in [0, 0.1) is 17.8 Å². The van der Waals surface area contributed by atoms with Gasteiger partial charge in [-0.3, -0.25) is 0 Å². The summed E-state index contributed by atoms with van der Waals surface area (Å²) < 4.78 is 0. The first kappa shape index (κ1) is 12.4. The summed E-state index contributed by atoms with van der Waals surface area (Å²) in [5.74, 6) is 3.06. The molecule has 2 rings (SSSR count). The van der Waals surface area contributed by atoms with Crippen LogP contribution in [0.15, 0.2) is 0 Å². The van der Waals surface area contributed by atoms with E-state index in [0.717, 1.165) is 23.8 Å². The molecule has 0 saturated heterocycles. The molecule has 0 aromatic rings. The molecule has 0 aromatic heterocycles. The van der Waals surface area contributed by atoms with E-state index in [2.05, 4.69) is 19.3 Å². The maximum atomic E-state index is 3.62. The summed E-state index contributed by atoms with van der Waals surface area (Å²) in [7, 11) is 2.18. The fourth-order valence-corrected chi connectivity index (χ4v) is 3.90. The first-order chi connectivity index (χ1) is 7.85. The van der Waals surface area contributed by atoms with E-state index in [-0.39, 0.29) is 0 Å². The van der Waals surface area contributed by atoms with Crippen molar-refractivity contribution in [3.05, 3.63) is 0 Å². The van der Waals surface area contributed by atoms with E-state index in [1.54, 1.807) is 0 Å². The zero-order valence-corrected chi connectivity index (χ0v) is 11.2. The Morgan fingerprint density at radius 2 is 1.62 bits per heavy atom. The van der Waals surface area contributed by atoms with Crippen LogP contribution in [0.2, 0.25) is 0 Å². The number of hydrogen-bond donors (Lipinski definition) is 1. The highest BCUT2D eigenvalue weighted by atomic mass is 14.9. The third kappa shape index (κ3) is 2.80. The number of rotatable bonds is 5. The highest BCUT2D eigenvalue weighted by Gasteiger charge is 2.34. The average molecular weight is 223 g/mol. The summed E-state index contributed by atoms with van der Waals surface area (Å²) >= 11 is 0. The monoisotopic (exact) mass is 223 g/mol. The van der Waals surface area contributed by atoms with Gasteiger partial charge in [0, 0.05) is 6.04 Å². The Bertz CT molecular complexity index is 190. The summed E-state index contributed by atoms with van der Waals surface area (Å²) in [5, 5.41) is 3.62. The lowest BCUT2D eigenvalue weighted by Gasteiger charge is -2.41. The van der Waals surface area contributed by atoms with Gasteiger partial charge in [-0.2, -0.15) is 0 Å². The fourth-order valence-electron chi connectivity index (χ4n) is 3.90. The molecule has 16 heavy (non-hydrogen) atoms. The number of hydrogen-bond acceptors (Lipinski definition) is 1. The summed E-state index contributed by atoms with van der Waals surface area (Å²) in [6.07, 6.45) is 13.3. The molecule has 2 fully saturated rings. The topological polar surface area (TPSA) is 12.0 Å². The third-order valence-corrected chi connectivity index (χ3v) is 5.09. The molecule has 1 nitrogen and oxygen atoms in total. The van der Waals surface area contributed by atoms with Gasteiger partial charge in [0.2, 0.25) is 0 Å². The molecular formula is C15H29N. The van der Waals surface area contributed by atoms with E-state index < -0.39 is 0 Å². The highest BCUT2D eigenvalue weighted by molar-refractivity contribution is 4.89. The molecule has 1 atom stereocenters. The second-order valence-corrected chi connectivity index (χ2v) is 6.07. The Morgan fingerprint density at radius 3 is 2.06 bits per heavy atom. The molecule has 0 spiro atoms. The van der Waals surface area contributed by atoms with E-state index in [1.165, 1.54) is 57.8 Å². The van der Waals surface area contributed by atoms with E-state index >= 15 is 0 Å². The molecule has 0 radical (unpaired) electrons. The molecule has 1 unspecified atom stereocenters. The van der Waals surface area contributed by atoms with E-state index in [0.29, 0.717) is 0 Å². The number of nitrogens with one attached hydrogen (secondary N) is 1. The van der Waals surface area contributed by atoms with Crippen LogP contribution in [0.3, 0.4) is 0 Å². The van der Waals surface area contributed by atoms with Crippen molar-refractivity contribution in [3.8, 4) is 0 Å². The lowest BCUT2D eigenvalue weighted by atomic mass is 9.69. The minimum atomic E-state index is 0.844. The molecule has 0 amide bonds. The Morgan fingerprint density at radius 1 is 1.00 bits per heavy atom. The average Bonchev–Trinajstić information content (AvgIpc) is 2.25. The van der Waals surface area contributed by atoms with Gasteiger partial charge in [0.05, 0.1) is 0 Å². The van der Waals surface area contributed by atoms with Crippen molar-refractivity contribution in [2.45, 2.75) is 70.8 Å². The lowest BCUT2D eigenvalue weighted by Crippen LogP contribution is -2.44. The van der Waals surface area contributed by atoms with Gasteiger partial charge in [0.1, 0.15) is 0 Å². The van der Waals surface area contributed by atoms with Gasteiger partial charge in [-0.15, -0.1) is 0 Å². The van der Waals surface area contributed by atoms with Crippen molar-refractivity contribution in [1.29, 1.82) is 0 Å². The van der Waals surface area contributed by atoms with Crippen molar-refractivity contribution >= 4 is 0 Å². The Kier molecular flexibility index (Phi) is 4.69. The molecule has 0 aliphatic heterocycles. The molecule has 1 heteroatoms. The van der Waals surface area contributed by atoms with Gasteiger partial charge < -0.3 is 5.32 Å². The fraction of sp³-hybridized carbons (Fsp3) is 1.00. The van der Waals surface area contributed by atoms with Crippen LogP contribution >= 0.6 is 0 Å². The molecule has 0 heterocycles. The van der Waals surface area contributed by atoms with Crippen LogP contribution in [0.1, 0.15) is 64.7 Å². The molecule has 2 aliphatic rings. The molecule has 2 saturated carbocycles. The second kappa shape index (κ2) is 6.05. The van der Waals surface area contributed by atoms with Crippen molar-refractivity contribution in [3.63, 3.8) is 0 Å². The predicted octanol–water partition coefficient (Wildman–Crippen LogP) is 3.98. The molecule has 1 N–H and O–H groups in total. The molecular weight excluding hydrogens is 194 g/mol. The van der Waals surface area contributed by atoms with Crippen molar-refractivity contribution in [2.24, 2.45) is 17.8 Å². The maximum Gasteiger partial charge on any atom is 0.0121 e. The predicted molar refractivity (Wildman–Crippen MR) is 70.5 cm³/mol. The molecule has 0 bridgehead atoms. The van der Waals surface area contributed by atoms with E-state index in [1.807, 2.05) is 0 Å². The quantitative estimate of drug-likeness (QED) is 0.743. The van der Waals surface area contributed by atoms with E-state index in [4.69, 9.17) is 0 Å². The largest absolute Gasteiger partial charge is 0.316 e. The Balaban J connectivity index is 1.77.